The van der Waals surface area contributed by atoms with Gasteiger partial charge in [-0.15, -0.1) is 11.3 Å². The van der Waals surface area contributed by atoms with Gasteiger partial charge in [0.2, 0.25) is 5.91 Å². The number of hydrogen-bond donors (Lipinski definition) is 2. The SMILES string of the molecule is NC(=O)c1csc(C(=O)N2CCC(C(O)c3ccccc3)CC2)c1. The van der Waals surface area contributed by atoms with E-state index in [1.807, 2.05) is 30.3 Å². The number of primary amides is 1. The van der Waals surface area contributed by atoms with Gasteiger partial charge in [0.1, 0.15) is 0 Å². The van der Waals surface area contributed by atoms with Crippen LogP contribution < -0.4 is 5.73 Å². The fraction of sp³-hybridized carbons (Fsp3) is 0.333. The molecule has 2 amide bonds. The third-order valence-electron chi connectivity index (χ3n) is 4.51. The van der Waals surface area contributed by atoms with Crippen LogP contribution in [0.1, 0.15) is 44.5 Å². The molecule has 0 aliphatic carbocycles. The number of piperidine rings is 1. The fourth-order valence-corrected chi connectivity index (χ4v) is 3.94. The summed E-state index contributed by atoms with van der Waals surface area (Å²) in [6.45, 7) is 1.22. The van der Waals surface area contributed by atoms with Crippen LogP contribution in [-0.2, 0) is 0 Å². The van der Waals surface area contributed by atoms with Crippen LogP contribution in [0.5, 0.6) is 0 Å². The predicted molar refractivity (Wildman–Crippen MR) is 92.9 cm³/mol. The average molecular weight is 344 g/mol. The molecule has 1 aromatic carbocycles. The van der Waals surface area contributed by atoms with Crippen LogP contribution in [0.4, 0.5) is 0 Å². The van der Waals surface area contributed by atoms with Gasteiger partial charge in [0.05, 0.1) is 16.5 Å². The topological polar surface area (TPSA) is 83.6 Å². The van der Waals surface area contributed by atoms with E-state index in [4.69, 9.17) is 5.73 Å². The lowest BCUT2D eigenvalue weighted by Crippen LogP contribution is -2.39. The van der Waals surface area contributed by atoms with Crippen molar-refractivity contribution in [1.82, 2.24) is 4.90 Å². The fourth-order valence-electron chi connectivity index (χ4n) is 3.07. The monoisotopic (exact) mass is 344 g/mol. The minimum atomic E-state index is -0.519. The van der Waals surface area contributed by atoms with Gasteiger partial charge < -0.3 is 15.7 Å². The van der Waals surface area contributed by atoms with E-state index in [1.54, 1.807) is 16.3 Å². The summed E-state index contributed by atoms with van der Waals surface area (Å²) in [6, 6.07) is 11.2. The molecule has 1 atom stereocenters. The van der Waals surface area contributed by atoms with Crippen LogP contribution in [0.2, 0.25) is 0 Å². The summed E-state index contributed by atoms with van der Waals surface area (Å²) in [5, 5.41) is 12.1. The zero-order valence-electron chi connectivity index (χ0n) is 13.2. The molecule has 1 saturated heterocycles. The van der Waals surface area contributed by atoms with Gasteiger partial charge in [-0.3, -0.25) is 9.59 Å². The first-order chi connectivity index (χ1) is 11.6. The maximum atomic E-state index is 12.5. The summed E-state index contributed by atoms with van der Waals surface area (Å²) in [7, 11) is 0. The molecule has 3 N–H and O–H groups in total. The third-order valence-corrected chi connectivity index (χ3v) is 5.43. The number of amides is 2. The number of rotatable bonds is 4. The Balaban J connectivity index is 1.60. The molecule has 3 rings (SSSR count). The summed E-state index contributed by atoms with van der Waals surface area (Å²) >= 11 is 1.24. The Hall–Kier alpha value is -2.18. The third kappa shape index (κ3) is 3.49. The van der Waals surface area contributed by atoms with Crippen molar-refractivity contribution >= 4 is 23.2 Å². The second kappa shape index (κ2) is 7.15. The molecule has 0 radical (unpaired) electrons. The number of thiophene rings is 1. The van der Waals surface area contributed by atoms with Gasteiger partial charge in [-0.25, -0.2) is 0 Å². The minimum Gasteiger partial charge on any atom is -0.388 e. The van der Waals surface area contributed by atoms with Crippen molar-refractivity contribution in [2.75, 3.05) is 13.1 Å². The molecule has 24 heavy (non-hydrogen) atoms. The van der Waals surface area contributed by atoms with Crippen molar-refractivity contribution < 1.29 is 14.7 Å². The first-order valence-corrected chi connectivity index (χ1v) is 8.85. The normalized spacial score (nSPS) is 16.8. The lowest BCUT2D eigenvalue weighted by Gasteiger charge is -2.34. The zero-order chi connectivity index (χ0) is 17.1. The number of likely N-dealkylation sites (tertiary alicyclic amines) is 1. The maximum Gasteiger partial charge on any atom is 0.263 e. The number of nitrogens with two attached hydrogens (primary N) is 1. The van der Waals surface area contributed by atoms with Gasteiger partial charge >= 0.3 is 0 Å². The second-order valence-electron chi connectivity index (χ2n) is 6.05. The Bertz CT molecular complexity index is 721. The molecule has 1 unspecified atom stereocenters. The summed E-state index contributed by atoms with van der Waals surface area (Å²) in [6.07, 6.45) is 1.03. The van der Waals surface area contributed by atoms with Gasteiger partial charge in [0.25, 0.3) is 5.91 Å². The molecule has 2 heterocycles. The van der Waals surface area contributed by atoms with Gasteiger partial charge in [-0.2, -0.15) is 0 Å². The van der Waals surface area contributed by atoms with Crippen molar-refractivity contribution in [3.63, 3.8) is 0 Å². The van der Waals surface area contributed by atoms with Gasteiger partial charge in [0, 0.05) is 18.5 Å². The quantitative estimate of drug-likeness (QED) is 0.893. The lowest BCUT2D eigenvalue weighted by molar-refractivity contribution is 0.0465. The number of carbonyl (C=O) groups excluding carboxylic acids is 2. The van der Waals surface area contributed by atoms with Crippen LogP contribution in [-0.4, -0.2) is 34.9 Å². The number of aliphatic hydroxyl groups excluding tert-OH is 1. The molecule has 1 aliphatic rings. The Morgan fingerprint density at radius 3 is 2.46 bits per heavy atom. The molecule has 1 aliphatic heterocycles. The van der Waals surface area contributed by atoms with Crippen LogP contribution in [0.3, 0.4) is 0 Å². The molecular formula is C18H20N2O3S. The Morgan fingerprint density at radius 2 is 1.88 bits per heavy atom. The maximum absolute atomic E-state index is 12.5. The zero-order valence-corrected chi connectivity index (χ0v) is 14.0. The standard InChI is InChI=1S/C18H20N2O3S/c19-17(22)14-10-15(24-11-14)18(23)20-8-6-13(7-9-20)16(21)12-4-2-1-3-5-12/h1-5,10-11,13,16,21H,6-9H2,(H2,19,22). The van der Waals surface area contributed by atoms with E-state index in [0.29, 0.717) is 23.5 Å². The molecule has 0 saturated carbocycles. The highest BCUT2D eigenvalue weighted by Gasteiger charge is 2.29. The summed E-state index contributed by atoms with van der Waals surface area (Å²) in [5.74, 6) is -0.434. The van der Waals surface area contributed by atoms with Crippen molar-refractivity contribution in [2.24, 2.45) is 11.7 Å². The van der Waals surface area contributed by atoms with E-state index in [0.717, 1.165) is 18.4 Å². The van der Waals surface area contributed by atoms with Crippen LogP contribution in [0, 0.1) is 5.92 Å². The van der Waals surface area contributed by atoms with Gasteiger partial charge in [-0.1, -0.05) is 30.3 Å². The van der Waals surface area contributed by atoms with Crippen molar-refractivity contribution in [3.05, 3.63) is 57.8 Å². The summed E-state index contributed by atoms with van der Waals surface area (Å²) in [4.78, 5) is 26.0. The molecule has 5 nitrogen and oxygen atoms in total. The number of carbonyl (C=O) groups is 2. The second-order valence-corrected chi connectivity index (χ2v) is 6.96. The Kier molecular flexibility index (Phi) is 4.97. The van der Waals surface area contributed by atoms with Gasteiger partial charge in [0.15, 0.2) is 0 Å². The number of nitrogens with zero attached hydrogens (tertiary/aromatic N) is 1. The highest BCUT2D eigenvalue weighted by Crippen LogP contribution is 2.31. The Labute approximate surface area is 144 Å². The summed E-state index contributed by atoms with van der Waals surface area (Å²) < 4.78 is 0. The number of hydrogen-bond acceptors (Lipinski definition) is 4. The first kappa shape index (κ1) is 16.7. The van der Waals surface area contributed by atoms with Crippen LogP contribution in [0.25, 0.3) is 0 Å². The molecule has 1 fully saturated rings. The highest BCUT2D eigenvalue weighted by molar-refractivity contribution is 7.12. The molecule has 6 heteroatoms. The molecular weight excluding hydrogens is 324 g/mol. The molecule has 1 aromatic heterocycles. The smallest absolute Gasteiger partial charge is 0.263 e. The van der Waals surface area contributed by atoms with Crippen molar-refractivity contribution in [1.29, 1.82) is 0 Å². The lowest BCUT2D eigenvalue weighted by atomic mass is 9.87. The van der Waals surface area contributed by atoms with Crippen molar-refractivity contribution in [2.45, 2.75) is 18.9 Å². The largest absolute Gasteiger partial charge is 0.388 e. The van der Waals surface area contributed by atoms with E-state index < -0.39 is 12.0 Å². The van der Waals surface area contributed by atoms with E-state index in [2.05, 4.69) is 0 Å². The van der Waals surface area contributed by atoms with Crippen LogP contribution in [0.15, 0.2) is 41.8 Å². The Morgan fingerprint density at radius 1 is 1.21 bits per heavy atom. The summed E-state index contributed by atoms with van der Waals surface area (Å²) in [5.41, 5.74) is 6.52. The molecule has 2 aromatic rings. The average Bonchev–Trinajstić information content (AvgIpc) is 3.12. The number of aliphatic hydroxyl groups is 1. The van der Waals surface area contributed by atoms with Crippen LogP contribution >= 0.6 is 11.3 Å². The number of benzene rings is 1. The minimum absolute atomic E-state index is 0.0693. The molecule has 126 valence electrons. The van der Waals surface area contributed by atoms with E-state index in [9.17, 15) is 14.7 Å². The first-order valence-electron chi connectivity index (χ1n) is 7.97. The molecule has 0 bridgehead atoms. The van der Waals surface area contributed by atoms with E-state index in [-0.39, 0.29) is 11.8 Å². The van der Waals surface area contributed by atoms with Gasteiger partial charge in [-0.05, 0) is 30.4 Å². The molecule has 0 spiro atoms. The highest BCUT2D eigenvalue weighted by atomic mass is 32.1. The predicted octanol–water partition coefficient (Wildman–Crippen LogP) is 2.43. The van der Waals surface area contributed by atoms with Crippen molar-refractivity contribution in [3.8, 4) is 0 Å². The van der Waals surface area contributed by atoms with E-state index >= 15 is 0 Å². The van der Waals surface area contributed by atoms with E-state index in [1.165, 1.54) is 11.3 Å².